The summed E-state index contributed by atoms with van der Waals surface area (Å²) in [5, 5.41) is 12.7. The van der Waals surface area contributed by atoms with Crippen molar-refractivity contribution in [2.24, 2.45) is 0 Å². The molecular formula is C12H15FN2O2. The number of carbonyl (C=O) groups is 1. The van der Waals surface area contributed by atoms with Crippen molar-refractivity contribution in [3.05, 3.63) is 35.6 Å². The molecule has 0 radical (unpaired) electrons. The normalized spacial score (nSPS) is 18.8. The van der Waals surface area contributed by atoms with Gasteiger partial charge in [-0.2, -0.15) is 0 Å². The van der Waals surface area contributed by atoms with Crippen LogP contribution in [0.2, 0.25) is 0 Å². The van der Waals surface area contributed by atoms with Crippen molar-refractivity contribution in [3.8, 4) is 0 Å². The van der Waals surface area contributed by atoms with Gasteiger partial charge in [-0.25, -0.2) is 4.39 Å². The Bertz CT molecular complexity index is 411. The molecular weight excluding hydrogens is 223 g/mol. The van der Waals surface area contributed by atoms with Crippen LogP contribution < -0.4 is 5.32 Å². The summed E-state index contributed by atoms with van der Waals surface area (Å²) in [6.45, 7) is 1.93. The average molecular weight is 238 g/mol. The maximum atomic E-state index is 13.0. The van der Waals surface area contributed by atoms with Gasteiger partial charge in [-0.3, -0.25) is 9.69 Å². The number of hydrogen-bond acceptors (Lipinski definition) is 3. The first kappa shape index (κ1) is 12.0. The fraction of sp³-hybridized carbons (Fsp3) is 0.417. The molecule has 1 aliphatic heterocycles. The molecule has 2 N–H and O–H groups in total. The van der Waals surface area contributed by atoms with Crippen molar-refractivity contribution in [3.63, 3.8) is 0 Å². The maximum Gasteiger partial charge on any atom is 0.234 e. The molecule has 1 fully saturated rings. The van der Waals surface area contributed by atoms with E-state index in [2.05, 4.69) is 5.32 Å². The summed E-state index contributed by atoms with van der Waals surface area (Å²) in [6, 6.07) is 5.90. The highest BCUT2D eigenvalue weighted by molar-refractivity contribution is 5.78. The Morgan fingerprint density at radius 2 is 2.35 bits per heavy atom. The van der Waals surface area contributed by atoms with Gasteiger partial charge in [0, 0.05) is 19.6 Å². The molecule has 4 nitrogen and oxygen atoms in total. The lowest BCUT2D eigenvalue weighted by atomic mass is 10.1. The van der Waals surface area contributed by atoms with Gasteiger partial charge in [0.15, 0.2) is 0 Å². The number of benzene rings is 1. The topological polar surface area (TPSA) is 52.6 Å². The molecule has 1 amide bonds. The Labute approximate surface area is 99.0 Å². The molecule has 2 rings (SSSR count). The minimum Gasteiger partial charge on any atom is -0.387 e. The fourth-order valence-corrected chi connectivity index (χ4v) is 1.91. The SMILES string of the molecule is O=C1CN(C[C@@H](O)c2cccc(F)c2)CCN1. The molecule has 0 unspecified atom stereocenters. The number of aliphatic hydroxyl groups is 1. The van der Waals surface area contributed by atoms with Crippen molar-refractivity contribution < 1.29 is 14.3 Å². The molecule has 1 aromatic carbocycles. The van der Waals surface area contributed by atoms with Gasteiger partial charge in [0.05, 0.1) is 12.6 Å². The summed E-state index contributed by atoms with van der Waals surface area (Å²) in [7, 11) is 0. The van der Waals surface area contributed by atoms with E-state index in [1.54, 1.807) is 12.1 Å². The number of nitrogens with one attached hydrogen (secondary N) is 1. The largest absolute Gasteiger partial charge is 0.387 e. The smallest absolute Gasteiger partial charge is 0.234 e. The Morgan fingerprint density at radius 3 is 3.06 bits per heavy atom. The fourth-order valence-electron chi connectivity index (χ4n) is 1.91. The minimum atomic E-state index is -0.767. The van der Waals surface area contributed by atoms with Gasteiger partial charge in [0.1, 0.15) is 5.82 Å². The van der Waals surface area contributed by atoms with Crippen molar-refractivity contribution >= 4 is 5.91 Å². The molecule has 1 atom stereocenters. The van der Waals surface area contributed by atoms with E-state index in [0.717, 1.165) is 0 Å². The second kappa shape index (κ2) is 5.25. The number of carbonyl (C=O) groups excluding carboxylic acids is 1. The monoisotopic (exact) mass is 238 g/mol. The lowest BCUT2D eigenvalue weighted by molar-refractivity contribution is -0.124. The zero-order valence-corrected chi connectivity index (χ0v) is 9.40. The zero-order valence-electron chi connectivity index (χ0n) is 9.40. The average Bonchev–Trinajstić information content (AvgIpc) is 2.29. The molecule has 92 valence electrons. The Hall–Kier alpha value is -1.46. The Kier molecular flexibility index (Phi) is 3.71. The van der Waals surface area contributed by atoms with Crippen molar-refractivity contribution in [2.75, 3.05) is 26.2 Å². The van der Waals surface area contributed by atoms with E-state index in [1.165, 1.54) is 12.1 Å². The van der Waals surface area contributed by atoms with Crippen molar-refractivity contribution in [1.29, 1.82) is 0 Å². The third kappa shape index (κ3) is 3.25. The van der Waals surface area contributed by atoms with Gasteiger partial charge in [-0.15, -0.1) is 0 Å². The van der Waals surface area contributed by atoms with Crippen LogP contribution in [-0.2, 0) is 4.79 Å². The van der Waals surface area contributed by atoms with Crippen LogP contribution in [0.25, 0.3) is 0 Å². The molecule has 17 heavy (non-hydrogen) atoms. The van der Waals surface area contributed by atoms with E-state index in [0.29, 0.717) is 25.2 Å². The summed E-state index contributed by atoms with van der Waals surface area (Å²) in [5.74, 6) is -0.402. The highest BCUT2D eigenvalue weighted by Crippen LogP contribution is 2.15. The first-order chi connectivity index (χ1) is 8.15. The number of rotatable bonds is 3. The van der Waals surface area contributed by atoms with Gasteiger partial charge < -0.3 is 10.4 Å². The highest BCUT2D eigenvalue weighted by atomic mass is 19.1. The molecule has 1 aliphatic rings. The first-order valence-electron chi connectivity index (χ1n) is 5.58. The summed E-state index contributed by atoms with van der Waals surface area (Å²) in [4.78, 5) is 13.0. The second-order valence-corrected chi connectivity index (χ2v) is 4.16. The van der Waals surface area contributed by atoms with Gasteiger partial charge >= 0.3 is 0 Å². The number of amides is 1. The zero-order chi connectivity index (χ0) is 12.3. The molecule has 0 aliphatic carbocycles. The van der Waals surface area contributed by atoms with Gasteiger partial charge in [-0.05, 0) is 17.7 Å². The molecule has 1 saturated heterocycles. The number of nitrogens with zero attached hydrogens (tertiary/aromatic N) is 1. The van der Waals surface area contributed by atoms with E-state index < -0.39 is 6.10 Å². The van der Waals surface area contributed by atoms with Crippen LogP contribution in [0.1, 0.15) is 11.7 Å². The quantitative estimate of drug-likeness (QED) is 0.796. The van der Waals surface area contributed by atoms with Crippen LogP contribution in [0.4, 0.5) is 4.39 Å². The van der Waals surface area contributed by atoms with Gasteiger partial charge in [0.2, 0.25) is 5.91 Å². The predicted octanol–water partition coefficient (Wildman–Crippen LogP) is 0.291. The molecule has 1 heterocycles. The van der Waals surface area contributed by atoms with Crippen LogP contribution >= 0.6 is 0 Å². The van der Waals surface area contributed by atoms with Crippen molar-refractivity contribution in [1.82, 2.24) is 10.2 Å². The third-order valence-electron chi connectivity index (χ3n) is 2.78. The first-order valence-corrected chi connectivity index (χ1v) is 5.58. The summed E-state index contributed by atoms with van der Waals surface area (Å²) in [5.41, 5.74) is 0.538. The Balaban J connectivity index is 1.96. The van der Waals surface area contributed by atoms with E-state index in [9.17, 15) is 14.3 Å². The Morgan fingerprint density at radius 1 is 1.53 bits per heavy atom. The van der Waals surface area contributed by atoms with Gasteiger partial charge in [0.25, 0.3) is 0 Å². The number of halogens is 1. The van der Waals surface area contributed by atoms with E-state index in [-0.39, 0.29) is 18.3 Å². The minimum absolute atomic E-state index is 0.0392. The molecule has 5 heteroatoms. The highest BCUT2D eigenvalue weighted by Gasteiger charge is 2.19. The van der Waals surface area contributed by atoms with Crippen LogP contribution in [0.5, 0.6) is 0 Å². The molecule has 0 spiro atoms. The van der Waals surface area contributed by atoms with Crippen LogP contribution in [0, 0.1) is 5.82 Å². The number of hydrogen-bond donors (Lipinski definition) is 2. The van der Waals surface area contributed by atoms with E-state index in [1.807, 2.05) is 4.90 Å². The lowest BCUT2D eigenvalue weighted by Crippen LogP contribution is -2.48. The number of piperazine rings is 1. The maximum absolute atomic E-state index is 13.0. The van der Waals surface area contributed by atoms with Gasteiger partial charge in [-0.1, -0.05) is 12.1 Å². The standard InChI is InChI=1S/C12H15FN2O2/c13-10-3-1-2-9(6-10)11(16)7-15-5-4-14-12(17)8-15/h1-3,6,11,16H,4-5,7-8H2,(H,14,17)/t11-/m1/s1. The number of β-amino-alcohol motifs (C(OH)–C–C–N with tert-alkyl or cyclic N) is 1. The van der Waals surface area contributed by atoms with Crippen LogP contribution in [0.3, 0.4) is 0 Å². The number of aliphatic hydroxyl groups excluding tert-OH is 1. The molecule has 0 bridgehead atoms. The molecule has 1 aromatic rings. The van der Waals surface area contributed by atoms with Crippen molar-refractivity contribution in [2.45, 2.75) is 6.10 Å². The third-order valence-corrected chi connectivity index (χ3v) is 2.78. The second-order valence-electron chi connectivity index (χ2n) is 4.16. The molecule has 0 aromatic heterocycles. The summed E-state index contributed by atoms with van der Waals surface area (Å²) >= 11 is 0. The van der Waals surface area contributed by atoms with E-state index in [4.69, 9.17) is 0 Å². The summed E-state index contributed by atoms with van der Waals surface area (Å²) in [6.07, 6.45) is -0.767. The predicted molar refractivity (Wildman–Crippen MR) is 60.8 cm³/mol. The summed E-state index contributed by atoms with van der Waals surface area (Å²) < 4.78 is 13.0. The van der Waals surface area contributed by atoms with E-state index >= 15 is 0 Å². The molecule has 0 saturated carbocycles. The van der Waals surface area contributed by atoms with Crippen LogP contribution in [0.15, 0.2) is 24.3 Å². The lowest BCUT2D eigenvalue weighted by Gasteiger charge is -2.28. The van der Waals surface area contributed by atoms with Crippen LogP contribution in [-0.4, -0.2) is 42.1 Å².